The summed E-state index contributed by atoms with van der Waals surface area (Å²) in [5.41, 5.74) is 3.64. The van der Waals surface area contributed by atoms with Crippen LogP contribution >= 0.6 is 0 Å². The number of ether oxygens (including phenoxy) is 1. The molecule has 6 nitrogen and oxygen atoms in total. The number of aryl methyl sites for hydroxylation is 3. The maximum atomic E-state index is 12.8. The molecule has 0 aromatic heterocycles. The van der Waals surface area contributed by atoms with Crippen LogP contribution in [0.15, 0.2) is 35.2 Å². The van der Waals surface area contributed by atoms with Crippen molar-refractivity contribution in [3.8, 4) is 5.75 Å². The monoisotopic (exact) mass is 376 g/mol. The van der Waals surface area contributed by atoms with E-state index in [1.807, 2.05) is 39.8 Å². The molecule has 2 aromatic carbocycles. The zero-order chi connectivity index (χ0) is 19.5. The smallest absolute Gasteiger partial charge is 0.261 e. The lowest BCUT2D eigenvalue weighted by molar-refractivity contribution is -0.114. The SMILES string of the molecule is CCOc1ccc(S(=O)(=O)Nc2c(C)cc(C)cc2C)cc1NC(C)=O. The Morgan fingerprint density at radius 3 is 2.23 bits per heavy atom. The zero-order valence-electron chi connectivity index (χ0n) is 15.6. The van der Waals surface area contributed by atoms with Gasteiger partial charge in [0.05, 0.1) is 22.9 Å². The van der Waals surface area contributed by atoms with Crippen molar-refractivity contribution in [3.63, 3.8) is 0 Å². The molecule has 0 aliphatic rings. The number of carbonyl (C=O) groups excluding carboxylic acids is 1. The first kappa shape index (κ1) is 19.8. The summed E-state index contributed by atoms with van der Waals surface area (Å²) in [4.78, 5) is 11.5. The number of benzene rings is 2. The average molecular weight is 376 g/mol. The molecule has 2 aromatic rings. The summed E-state index contributed by atoms with van der Waals surface area (Å²) in [6, 6.07) is 8.24. The van der Waals surface area contributed by atoms with Gasteiger partial charge in [-0.1, -0.05) is 17.7 Å². The summed E-state index contributed by atoms with van der Waals surface area (Å²) >= 11 is 0. The van der Waals surface area contributed by atoms with Gasteiger partial charge in [-0.2, -0.15) is 0 Å². The summed E-state index contributed by atoms with van der Waals surface area (Å²) < 4.78 is 33.8. The van der Waals surface area contributed by atoms with E-state index in [0.717, 1.165) is 16.7 Å². The fraction of sp³-hybridized carbons (Fsp3) is 0.316. The van der Waals surface area contributed by atoms with Gasteiger partial charge in [-0.3, -0.25) is 9.52 Å². The predicted molar refractivity (Wildman–Crippen MR) is 103 cm³/mol. The van der Waals surface area contributed by atoms with Gasteiger partial charge >= 0.3 is 0 Å². The van der Waals surface area contributed by atoms with Crippen LogP contribution in [0.25, 0.3) is 0 Å². The Morgan fingerprint density at radius 2 is 1.69 bits per heavy atom. The minimum absolute atomic E-state index is 0.0454. The number of amides is 1. The maximum absolute atomic E-state index is 12.8. The second-order valence-electron chi connectivity index (χ2n) is 6.15. The van der Waals surface area contributed by atoms with E-state index in [1.54, 1.807) is 0 Å². The van der Waals surface area contributed by atoms with Gasteiger partial charge in [-0.05, 0) is 57.0 Å². The van der Waals surface area contributed by atoms with Crippen LogP contribution in [0.4, 0.5) is 11.4 Å². The summed E-state index contributed by atoms with van der Waals surface area (Å²) in [5, 5.41) is 2.61. The van der Waals surface area contributed by atoms with Crippen molar-refractivity contribution < 1.29 is 17.9 Å². The van der Waals surface area contributed by atoms with Crippen LogP contribution in [-0.2, 0) is 14.8 Å². The molecule has 0 fully saturated rings. The second kappa shape index (κ2) is 7.78. The standard InChI is InChI=1S/C19H24N2O4S/c1-6-25-18-8-7-16(11-17(18)20-15(5)22)26(23,24)21-19-13(3)9-12(2)10-14(19)4/h7-11,21H,6H2,1-5H3,(H,20,22). The highest BCUT2D eigenvalue weighted by molar-refractivity contribution is 7.92. The number of carbonyl (C=O) groups is 1. The molecule has 0 saturated heterocycles. The number of rotatable bonds is 6. The molecule has 26 heavy (non-hydrogen) atoms. The van der Waals surface area contributed by atoms with Crippen molar-refractivity contribution in [2.45, 2.75) is 39.5 Å². The van der Waals surface area contributed by atoms with E-state index in [4.69, 9.17) is 4.74 Å². The van der Waals surface area contributed by atoms with E-state index >= 15 is 0 Å². The van der Waals surface area contributed by atoms with Crippen LogP contribution < -0.4 is 14.8 Å². The molecule has 0 atom stereocenters. The topological polar surface area (TPSA) is 84.5 Å². The van der Waals surface area contributed by atoms with Crippen LogP contribution in [0.5, 0.6) is 5.75 Å². The van der Waals surface area contributed by atoms with Crippen LogP contribution in [0, 0.1) is 20.8 Å². The number of hydrogen-bond donors (Lipinski definition) is 2. The van der Waals surface area contributed by atoms with Gasteiger partial charge in [-0.25, -0.2) is 8.42 Å². The third-order valence-corrected chi connectivity index (χ3v) is 5.13. The summed E-state index contributed by atoms with van der Waals surface area (Å²) in [6.45, 7) is 9.25. The highest BCUT2D eigenvalue weighted by atomic mass is 32.2. The minimum Gasteiger partial charge on any atom is -0.492 e. The molecule has 7 heteroatoms. The van der Waals surface area contributed by atoms with Crippen LogP contribution in [0.1, 0.15) is 30.5 Å². The van der Waals surface area contributed by atoms with Gasteiger partial charge in [0.25, 0.3) is 10.0 Å². The Morgan fingerprint density at radius 1 is 1.08 bits per heavy atom. The molecule has 1 amide bonds. The minimum atomic E-state index is -3.82. The van der Waals surface area contributed by atoms with Gasteiger partial charge in [0.2, 0.25) is 5.91 Å². The molecule has 0 bridgehead atoms. The summed E-state index contributed by atoms with van der Waals surface area (Å²) in [5.74, 6) is 0.114. The molecule has 0 aliphatic carbocycles. The van der Waals surface area contributed by atoms with Gasteiger partial charge in [0, 0.05) is 6.92 Å². The lowest BCUT2D eigenvalue weighted by atomic mass is 10.1. The van der Waals surface area contributed by atoms with Crippen molar-refractivity contribution in [1.82, 2.24) is 0 Å². The summed E-state index contributed by atoms with van der Waals surface area (Å²) in [6.07, 6.45) is 0. The van der Waals surface area contributed by atoms with Crippen LogP contribution in [0.2, 0.25) is 0 Å². The lowest BCUT2D eigenvalue weighted by Crippen LogP contribution is -2.16. The van der Waals surface area contributed by atoms with E-state index in [9.17, 15) is 13.2 Å². The van der Waals surface area contributed by atoms with Crippen LogP contribution in [-0.4, -0.2) is 20.9 Å². The first-order valence-corrected chi connectivity index (χ1v) is 9.77. The molecule has 2 rings (SSSR count). The molecule has 140 valence electrons. The highest BCUT2D eigenvalue weighted by Gasteiger charge is 2.19. The van der Waals surface area contributed by atoms with E-state index in [0.29, 0.717) is 23.7 Å². The Balaban J connectivity index is 2.44. The number of nitrogens with one attached hydrogen (secondary N) is 2. The molecule has 0 spiro atoms. The van der Waals surface area contributed by atoms with Crippen molar-refractivity contribution in [2.75, 3.05) is 16.6 Å². The van der Waals surface area contributed by atoms with E-state index in [2.05, 4.69) is 10.0 Å². The number of sulfonamides is 1. The highest BCUT2D eigenvalue weighted by Crippen LogP contribution is 2.30. The molecule has 0 unspecified atom stereocenters. The average Bonchev–Trinajstić information content (AvgIpc) is 2.52. The van der Waals surface area contributed by atoms with E-state index in [1.165, 1.54) is 25.1 Å². The van der Waals surface area contributed by atoms with Gasteiger partial charge in [-0.15, -0.1) is 0 Å². The Kier molecular flexibility index (Phi) is 5.92. The molecule has 0 heterocycles. The number of anilines is 2. The second-order valence-corrected chi connectivity index (χ2v) is 7.83. The number of hydrogen-bond acceptors (Lipinski definition) is 4. The van der Waals surface area contributed by atoms with Crippen molar-refractivity contribution in [3.05, 3.63) is 47.0 Å². The lowest BCUT2D eigenvalue weighted by Gasteiger charge is -2.16. The summed E-state index contributed by atoms with van der Waals surface area (Å²) in [7, 11) is -3.82. The van der Waals surface area contributed by atoms with Crippen molar-refractivity contribution in [1.29, 1.82) is 0 Å². The first-order valence-electron chi connectivity index (χ1n) is 8.29. The normalized spacial score (nSPS) is 11.1. The third kappa shape index (κ3) is 4.54. The maximum Gasteiger partial charge on any atom is 0.261 e. The van der Waals surface area contributed by atoms with Crippen molar-refractivity contribution in [2.24, 2.45) is 0 Å². The fourth-order valence-corrected chi connectivity index (χ4v) is 4.01. The first-order chi connectivity index (χ1) is 12.1. The Bertz CT molecular complexity index is 914. The molecule has 0 saturated carbocycles. The largest absolute Gasteiger partial charge is 0.492 e. The predicted octanol–water partition coefficient (Wildman–Crippen LogP) is 3.77. The van der Waals surface area contributed by atoms with E-state index < -0.39 is 10.0 Å². The Labute approximate surface area is 154 Å². The fourth-order valence-electron chi connectivity index (χ4n) is 2.78. The van der Waals surface area contributed by atoms with Gasteiger partial charge < -0.3 is 10.1 Å². The van der Waals surface area contributed by atoms with Crippen LogP contribution in [0.3, 0.4) is 0 Å². The molecular weight excluding hydrogens is 352 g/mol. The quantitative estimate of drug-likeness (QED) is 0.804. The molecule has 0 radical (unpaired) electrons. The van der Waals surface area contributed by atoms with E-state index in [-0.39, 0.29) is 10.8 Å². The molecule has 0 aliphatic heterocycles. The van der Waals surface area contributed by atoms with Gasteiger partial charge in [0.15, 0.2) is 0 Å². The van der Waals surface area contributed by atoms with Crippen molar-refractivity contribution >= 4 is 27.3 Å². The molecule has 2 N–H and O–H groups in total. The molecular formula is C19H24N2O4S. The Hall–Kier alpha value is -2.54. The third-order valence-electron chi connectivity index (χ3n) is 3.79. The zero-order valence-corrected chi connectivity index (χ0v) is 16.5. The van der Waals surface area contributed by atoms with Gasteiger partial charge in [0.1, 0.15) is 5.75 Å².